The maximum Gasteiger partial charge on any atom is 0.233 e. The number of hydrogen-bond acceptors (Lipinski definition) is 6. The Hall–Kier alpha value is -2.29. The molecule has 0 aliphatic rings. The Morgan fingerprint density at radius 1 is 1.45 bits per heavy atom. The van der Waals surface area contributed by atoms with E-state index in [1.165, 1.54) is 40.7 Å². The highest BCUT2D eigenvalue weighted by Crippen LogP contribution is 2.21. The molecule has 1 aromatic heterocycles. The van der Waals surface area contributed by atoms with Crippen molar-refractivity contribution in [1.82, 2.24) is 20.2 Å². The van der Waals surface area contributed by atoms with Gasteiger partial charge in [0.1, 0.15) is 18.2 Å². The molecule has 9 heteroatoms. The third-order valence-electron chi connectivity index (χ3n) is 2.81. The minimum Gasteiger partial charge on any atom is -0.486 e. The summed E-state index contributed by atoms with van der Waals surface area (Å²) in [5.41, 5.74) is 0. The number of nitrogens with two attached hydrogens (primary N) is 1. The molecule has 0 saturated heterocycles. The summed E-state index contributed by atoms with van der Waals surface area (Å²) >= 11 is 1.19. The van der Waals surface area contributed by atoms with Gasteiger partial charge in [0.2, 0.25) is 11.1 Å². The molecule has 0 spiro atoms. The Labute approximate surface area is 131 Å². The van der Waals surface area contributed by atoms with E-state index in [9.17, 15) is 9.18 Å². The Balaban J connectivity index is 1.98. The van der Waals surface area contributed by atoms with E-state index >= 15 is 0 Å². The molecule has 0 bridgehead atoms. The molecule has 7 nitrogen and oxygen atoms in total. The van der Waals surface area contributed by atoms with E-state index in [0.717, 1.165) is 0 Å². The average molecular weight is 325 g/mol. The van der Waals surface area contributed by atoms with Gasteiger partial charge in [0.15, 0.2) is 5.82 Å². The summed E-state index contributed by atoms with van der Waals surface area (Å²) in [6.07, 6.45) is 0. The first kappa shape index (κ1) is 16.1. The summed E-state index contributed by atoms with van der Waals surface area (Å²) in [6, 6.07) is 5.62. The van der Waals surface area contributed by atoms with E-state index in [1.807, 2.05) is 0 Å². The number of thioether (sulfide) groups is 1. The van der Waals surface area contributed by atoms with E-state index in [-0.39, 0.29) is 23.6 Å². The second-order valence-electron chi connectivity index (χ2n) is 4.39. The van der Waals surface area contributed by atoms with Crippen LogP contribution in [0.15, 0.2) is 29.4 Å². The van der Waals surface area contributed by atoms with Crippen LogP contribution in [0, 0.1) is 5.82 Å². The van der Waals surface area contributed by atoms with Crippen LogP contribution in [0.1, 0.15) is 12.7 Å². The van der Waals surface area contributed by atoms with E-state index in [0.29, 0.717) is 16.7 Å². The van der Waals surface area contributed by atoms with E-state index in [1.54, 1.807) is 14.0 Å². The molecule has 1 heterocycles. The van der Waals surface area contributed by atoms with Crippen LogP contribution in [0.3, 0.4) is 0 Å². The molecule has 0 aliphatic heterocycles. The molecule has 1 aromatic carbocycles. The molecule has 1 amide bonds. The van der Waals surface area contributed by atoms with Crippen LogP contribution in [0.25, 0.3) is 0 Å². The molecule has 0 saturated carbocycles. The number of benzene rings is 1. The lowest BCUT2D eigenvalue weighted by Gasteiger charge is -2.09. The largest absolute Gasteiger partial charge is 0.486 e. The lowest BCUT2D eigenvalue weighted by atomic mass is 10.3. The number of carbonyl (C=O) groups excluding carboxylic acids is 1. The van der Waals surface area contributed by atoms with Gasteiger partial charge >= 0.3 is 0 Å². The van der Waals surface area contributed by atoms with Gasteiger partial charge in [-0.25, -0.2) is 9.07 Å². The van der Waals surface area contributed by atoms with Crippen molar-refractivity contribution >= 4 is 17.7 Å². The van der Waals surface area contributed by atoms with Crippen molar-refractivity contribution in [2.24, 2.45) is 0 Å². The maximum atomic E-state index is 12.8. The number of nitrogen functional groups attached to an aromatic ring is 1. The maximum absolute atomic E-state index is 12.8. The minimum atomic E-state index is -0.345. The van der Waals surface area contributed by atoms with Crippen LogP contribution >= 0.6 is 11.8 Å². The number of aromatic nitrogens is 3. The van der Waals surface area contributed by atoms with Gasteiger partial charge in [-0.1, -0.05) is 11.8 Å². The van der Waals surface area contributed by atoms with Gasteiger partial charge in [0.05, 0.1) is 5.25 Å². The molecule has 1 atom stereocenters. The predicted octanol–water partition coefficient (Wildman–Crippen LogP) is 0.937. The molecule has 1 unspecified atom stereocenters. The lowest BCUT2D eigenvalue weighted by molar-refractivity contribution is -0.119. The Morgan fingerprint density at radius 3 is 2.77 bits per heavy atom. The van der Waals surface area contributed by atoms with Gasteiger partial charge < -0.3 is 15.9 Å². The highest BCUT2D eigenvalue weighted by atomic mass is 32.2. The zero-order valence-corrected chi connectivity index (χ0v) is 12.9. The number of rotatable bonds is 6. The Kier molecular flexibility index (Phi) is 5.21. The fourth-order valence-electron chi connectivity index (χ4n) is 1.58. The van der Waals surface area contributed by atoms with Crippen LogP contribution in [0.2, 0.25) is 0 Å². The third kappa shape index (κ3) is 3.88. The highest BCUT2D eigenvalue weighted by Gasteiger charge is 2.18. The summed E-state index contributed by atoms with van der Waals surface area (Å²) in [6.45, 7) is 1.83. The van der Waals surface area contributed by atoms with Gasteiger partial charge in [-0.15, -0.1) is 10.2 Å². The average Bonchev–Trinajstić information content (AvgIpc) is 2.86. The van der Waals surface area contributed by atoms with Crippen LogP contribution in [-0.4, -0.2) is 33.1 Å². The van der Waals surface area contributed by atoms with Gasteiger partial charge in [-0.3, -0.25) is 4.79 Å². The van der Waals surface area contributed by atoms with Crippen molar-refractivity contribution in [3.05, 3.63) is 35.9 Å². The van der Waals surface area contributed by atoms with Crippen molar-refractivity contribution in [3.63, 3.8) is 0 Å². The van der Waals surface area contributed by atoms with Crippen molar-refractivity contribution in [2.75, 3.05) is 12.9 Å². The number of nitrogens with zero attached hydrogens (tertiary/aromatic N) is 3. The number of halogens is 1. The van der Waals surface area contributed by atoms with Gasteiger partial charge in [-0.2, -0.15) is 0 Å². The van der Waals surface area contributed by atoms with Crippen LogP contribution < -0.4 is 15.9 Å². The zero-order chi connectivity index (χ0) is 16.1. The third-order valence-corrected chi connectivity index (χ3v) is 3.87. The molecule has 2 aromatic rings. The summed E-state index contributed by atoms with van der Waals surface area (Å²) in [5, 5.41) is 10.5. The molecule has 0 radical (unpaired) electrons. The predicted molar refractivity (Wildman–Crippen MR) is 80.3 cm³/mol. The van der Waals surface area contributed by atoms with Crippen molar-refractivity contribution in [3.8, 4) is 5.75 Å². The van der Waals surface area contributed by atoms with Crippen LogP contribution in [0.4, 0.5) is 4.39 Å². The standard InChI is InChI=1S/C13H16FN5O2S/c1-8(12(20)16-2)22-13-18-17-11(19(13)15)7-21-10-5-3-9(14)4-6-10/h3-6,8H,7,15H2,1-2H3,(H,16,20). The smallest absolute Gasteiger partial charge is 0.233 e. The summed E-state index contributed by atoms with van der Waals surface area (Å²) < 4.78 is 19.5. The first-order chi connectivity index (χ1) is 10.5. The highest BCUT2D eigenvalue weighted by molar-refractivity contribution is 8.00. The molecular weight excluding hydrogens is 309 g/mol. The molecule has 118 valence electrons. The SMILES string of the molecule is CNC(=O)C(C)Sc1nnc(COc2ccc(F)cc2)n1N. The minimum absolute atomic E-state index is 0.0873. The first-order valence-corrected chi connectivity index (χ1v) is 7.35. The van der Waals surface area contributed by atoms with Crippen molar-refractivity contribution < 1.29 is 13.9 Å². The van der Waals surface area contributed by atoms with E-state index in [2.05, 4.69) is 15.5 Å². The fraction of sp³-hybridized carbons (Fsp3) is 0.308. The molecular formula is C13H16FN5O2S. The lowest BCUT2D eigenvalue weighted by Crippen LogP contribution is -2.28. The van der Waals surface area contributed by atoms with Crippen molar-refractivity contribution in [2.45, 2.75) is 23.9 Å². The van der Waals surface area contributed by atoms with Crippen LogP contribution in [0.5, 0.6) is 5.75 Å². The topological polar surface area (TPSA) is 95.1 Å². The molecule has 3 N–H and O–H groups in total. The second kappa shape index (κ2) is 7.12. The second-order valence-corrected chi connectivity index (χ2v) is 5.69. The van der Waals surface area contributed by atoms with Crippen LogP contribution in [-0.2, 0) is 11.4 Å². The summed E-state index contributed by atoms with van der Waals surface area (Å²) in [4.78, 5) is 11.5. The number of carbonyl (C=O) groups is 1. The number of hydrogen-bond donors (Lipinski definition) is 2. The summed E-state index contributed by atoms with van der Waals surface area (Å²) in [7, 11) is 1.56. The number of amides is 1. The van der Waals surface area contributed by atoms with Gasteiger partial charge in [0, 0.05) is 7.05 Å². The monoisotopic (exact) mass is 325 g/mol. The van der Waals surface area contributed by atoms with E-state index < -0.39 is 0 Å². The van der Waals surface area contributed by atoms with Crippen molar-refractivity contribution in [1.29, 1.82) is 0 Å². The molecule has 22 heavy (non-hydrogen) atoms. The Bertz CT molecular complexity index is 646. The van der Waals surface area contributed by atoms with Gasteiger partial charge in [0.25, 0.3) is 0 Å². The van der Waals surface area contributed by atoms with Gasteiger partial charge in [-0.05, 0) is 31.2 Å². The summed E-state index contributed by atoms with van der Waals surface area (Å²) in [5.74, 6) is 6.31. The molecule has 2 rings (SSSR count). The number of nitrogens with one attached hydrogen (secondary N) is 1. The molecule has 0 aliphatic carbocycles. The Morgan fingerprint density at radius 2 is 2.14 bits per heavy atom. The fourth-order valence-corrected chi connectivity index (χ4v) is 2.43. The molecule has 0 fully saturated rings. The zero-order valence-electron chi connectivity index (χ0n) is 12.1. The first-order valence-electron chi connectivity index (χ1n) is 6.47. The quantitative estimate of drug-likeness (QED) is 0.606. The normalized spacial score (nSPS) is 12.0. The number of ether oxygens (including phenoxy) is 1. The van der Waals surface area contributed by atoms with E-state index in [4.69, 9.17) is 10.6 Å².